The van der Waals surface area contributed by atoms with Crippen LogP contribution in [-0.4, -0.2) is 27.2 Å². The lowest BCUT2D eigenvalue weighted by molar-refractivity contribution is -0.128. The van der Waals surface area contributed by atoms with E-state index in [9.17, 15) is 10.1 Å². The highest BCUT2D eigenvalue weighted by Crippen LogP contribution is 2.59. The minimum absolute atomic E-state index is 0.0651. The number of rotatable bonds is 3. The molecule has 160 valence electrons. The number of hydrogen-bond acceptors (Lipinski definition) is 6. The number of aromatic nitrogens is 1. The fourth-order valence-electron chi connectivity index (χ4n) is 4.97. The summed E-state index contributed by atoms with van der Waals surface area (Å²) in [4.78, 5) is 22.4. The average Bonchev–Trinajstić information content (AvgIpc) is 3.42. The molecule has 32 heavy (non-hydrogen) atoms. The number of thioether (sulfide) groups is 1. The molecule has 0 bridgehead atoms. The van der Waals surface area contributed by atoms with Crippen LogP contribution in [0.2, 0.25) is 0 Å². The molecule has 1 aliphatic carbocycles. The van der Waals surface area contributed by atoms with Gasteiger partial charge in [-0.15, -0.1) is 11.8 Å². The first kappa shape index (κ1) is 19.4. The molecule has 6 nitrogen and oxygen atoms in total. The third-order valence-electron chi connectivity index (χ3n) is 6.83. The highest BCUT2D eigenvalue weighted by atomic mass is 32.2. The molecular weight excluding hydrogens is 420 g/mol. The van der Waals surface area contributed by atoms with Crippen molar-refractivity contribution in [3.63, 3.8) is 0 Å². The third kappa shape index (κ3) is 2.72. The predicted octanol–water partition coefficient (Wildman–Crippen LogP) is 5.01. The van der Waals surface area contributed by atoms with Crippen LogP contribution < -0.4 is 9.80 Å². The van der Waals surface area contributed by atoms with Crippen LogP contribution in [0.1, 0.15) is 36.3 Å². The number of fused-ring (bicyclic) bond motifs is 1. The molecule has 2 atom stereocenters. The van der Waals surface area contributed by atoms with Crippen molar-refractivity contribution in [2.45, 2.75) is 49.4 Å². The highest BCUT2D eigenvalue weighted by molar-refractivity contribution is 8.08. The number of carbonyl (C=O) groups excluding carboxylic acids is 1. The lowest BCUT2D eigenvalue weighted by atomic mass is 9.72. The van der Waals surface area contributed by atoms with Gasteiger partial charge >= 0.3 is 0 Å². The molecule has 2 aliphatic heterocycles. The molecule has 1 aromatic carbocycles. The fourth-order valence-corrected chi connectivity index (χ4v) is 6.19. The van der Waals surface area contributed by atoms with E-state index >= 15 is 0 Å². The molecule has 1 saturated carbocycles. The Morgan fingerprint density at radius 1 is 1.12 bits per heavy atom. The summed E-state index contributed by atoms with van der Waals surface area (Å²) >= 11 is 1.80. The van der Waals surface area contributed by atoms with Crippen LogP contribution >= 0.6 is 11.8 Å². The van der Waals surface area contributed by atoms with Crippen molar-refractivity contribution in [1.29, 1.82) is 5.26 Å². The number of nitriles is 1. The molecule has 1 amide bonds. The Balaban J connectivity index is 1.34. The fraction of sp³-hybridized carbons (Fsp3) is 0.320. The van der Waals surface area contributed by atoms with Crippen LogP contribution in [-0.2, 0) is 4.79 Å². The van der Waals surface area contributed by atoms with Gasteiger partial charge in [-0.05, 0) is 81.1 Å². The Labute approximate surface area is 190 Å². The summed E-state index contributed by atoms with van der Waals surface area (Å²) in [7, 11) is 0. The van der Waals surface area contributed by atoms with Gasteiger partial charge < -0.3 is 9.32 Å². The third-order valence-corrected chi connectivity index (χ3v) is 8.01. The number of aryl methyl sites for hydroxylation is 2. The number of carbonyl (C=O) groups is 1. The second-order valence-corrected chi connectivity index (χ2v) is 10.0. The quantitative estimate of drug-likeness (QED) is 0.531. The van der Waals surface area contributed by atoms with Gasteiger partial charge in [-0.25, -0.2) is 4.98 Å². The Bertz CT molecular complexity index is 1270. The van der Waals surface area contributed by atoms with Gasteiger partial charge in [-0.2, -0.15) is 5.26 Å². The highest BCUT2D eigenvalue weighted by Gasteiger charge is 2.66. The Morgan fingerprint density at radius 3 is 2.50 bits per heavy atom. The molecular formula is C25H22N4O2S. The second kappa shape index (κ2) is 6.88. The van der Waals surface area contributed by atoms with Crippen molar-refractivity contribution >= 4 is 29.0 Å². The largest absolute Gasteiger partial charge is 0.461 e. The zero-order valence-corrected chi connectivity index (χ0v) is 18.7. The number of nitrogens with zero attached hydrogens (tertiary/aromatic N) is 4. The molecule has 7 heteroatoms. The van der Waals surface area contributed by atoms with Crippen molar-refractivity contribution in [2.24, 2.45) is 0 Å². The van der Waals surface area contributed by atoms with Crippen LogP contribution in [0.25, 0.3) is 11.3 Å². The summed E-state index contributed by atoms with van der Waals surface area (Å²) in [6.07, 6.45) is 4.43. The van der Waals surface area contributed by atoms with E-state index in [-0.39, 0.29) is 16.7 Å². The van der Waals surface area contributed by atoms with Gasteiger partial charge in [0.1, 0.15) is 39.6 Å². The summed E-state index contributed by atoms with van der Waals surface area (Å²) in [5, 5.41) is 9.49. The number of furan rings is 1. The van der Waals surface area contributed by atoms with Crippen LogP contribution in [0, 0.1) is 25.2 Å². The molecule has 3 fully saturated rings. The number of benzene rings is 1. The Kier molecular flexibility index (Phi) is 4.18. The molecule has 2 saturated heterocycles. The molecule has 6 rings (SSSR count). The normalized spacial score (nSPS) is 23.0. The molecule has 3 aliphatic rings. The van der Waals surface area contributed by atoms with E-state index in [0.717, 1.165) is 53.3 Å². The first-order chi connectivity index (χ1) is 15.5. The smallest absolute Gasteiger partial charge is 0.254 e. The number of pyridine rings is 1. The molecule has 1 spiro atoms. The Hall–Kier alpha value is -3.24. The number of amides is 1. The summed E-state index contributed by atoms with van der Waals surface area (Å²) in [5.74, 6) is 1.89. The Morgan fingerprint density at radius 2 is 1.91 bits per heavy atom. The predicted molar refractivity (Wildman–Crippen MR) is 124 cm³/mol. The van der Waals surface area contributed by atoms with E-state index in [4.69, 9.17) is 4.42 Å². The molecule has 3 aromatic rings. The van der Waals surface area contributed by atoms with E-state index in [1.54, 1.807) is 18.0 Å². The van der Waals surface area contributed by atoms with Crippen molar-refractivity contribution in [2.75, 3.05) is 9.80 Å². The maximum Gasteiger partial charge on any atom is 0.254 e. The van der Waals surface area contributed by atoms with Crippen molar-refractivity contribution in [3.8, 4) is 17.4 Å². The zero-order chi connectivity index (χ0) is 22.0. The minimum Gasteiger partial charge on any atom is -0.461 e. The average molecular weight is 443 g/mol. The number of hydrogen-bond donors (Lipinski definition) is 0. The SMILES string of the molecule is Cc1ccc(-c2ccc(N3C4SC4N(c4cnc(C#N)c(C)c4)C(=O)C34CCC4)cc2)o1. The van der Waals surface area contributed by atoms with E-state index in [1.807, 2.05) is 36.9 Å². The van der Waals surface area contributed by atoms with E-state index in [2.05, 4.69) is 40.2 Å². The van der Waals surface area contributed by atoms with Crippen molar-refractivity contribution < 1.29 is 9.21 Å². The topological polar surface area (TPSA) is 73.4 Å². The first-order valence-corrected chi connectivity index (χ1v) is 11.8. The minimum atomic E-state index is -0.505. The zero-order valence-electron chi connectivity index (χ0n) is 17.9. The van der Waals surface area contributed by atoms with Crippen LogP contribution in [0.3, 0.4) is 0 Å². The molecule has 2 aromatic heterocycles. The molecule has 0 N–H and O–H groups in total. The lowest BCUT2D eigenvalue weighted by Crippen LogP contribution is -2.69. The van der Waals surface area contributed by atoms with Gasteiger partial charge in [0.2, 0.25) is 0 Å². The summed E-state index contributed by atoms with van der Waals surface area (Å²) in [5.41, 5.74) is 3.61. The van der Waals surface area contributed by atoms with Gasteiger partial charge in [-0.1, -0.05) is 0 Å². The maximum atomic E-state index is 13.9. The molecule has 0 radical (unpaired) electrons. The second-order valence-electron chi connectivity index (χ2n) is 8.78. The van der Waals surface area contributed by atoms with E-state index < -0.39 is 5.54 Å². The van der Waals surface area contributed by atoms with Gasteiger partial charge in [0.25, 0.3) is 5.91 Å². The van der Waals surface area contributed by atoms with Gasteiger partial charge in [0.05, 0.1) is 11.9 Å². The van der Waals surface area contributed by atoms with Crippen LogP contribution in [0.5, 0.6) is 0 Å². The molecule has 4 heterocycles. The van der Waals surface area contributed by atoms with Crippen molar-refractivity contribution in [3.05, 3.63) is 65.7 Å². The number of piperazine rings is 1. The van der Waals surface area contributed by atoms with Gasteiger partial charge in [-0.3, -0.25) is 9.69 Å². The van der Waals surface area contributed by atoms with Crippen LogP contribution in [0.15, 0.2) is 53.1 Å². The monoisotopic (exact) mass is 442 g/mol. The van der Waals surface area contributed by atoms with E-state index in [0.29, 0.717) is 5.69 Å². The molecule has 2 unspecified atom stereocenters. The van der Waals surface area contributed by atoms with Gasteiger partial charge in [0.15, 0.2) is 0 Å². The standard InChI is InChI=1S/C25H22N4O2S/c1-15-12-19(14-27-20(15)13-26)28-22-23(32-22)29(25(24(28)30)10-3-11-25)18-7-5-17(6-8-18)21-9-4-16(2)31-21/h4-9,12,14,22-23H,3,10-11H2,1-2H3. The summed E-state index contributed by atoms with van der Waals surface area (Å²) in [6.45, 7) is 3.81. The van der Waals surface area contributed by atoms with Crippen molar-refractivity contribution in [1.82, 2.24) is 4.98 Å². The summed E-state index contributed by atoms with van der Waals surface area (Å²) < 4.78 is 5.76. The van der Waals surface area contributed by atoms with Gasteiger partial charge in [0, 0.05) is 11.3 Å². The lowest BCUT2D eigenvalue weighted by Gasteiger charge is -2.54. The number of anilines is 2. The van der Waals surface area contributed by atoms with Crippen LogP contribution in [0.4, 0.5) is 11.4 Å². The van der Waals surface area contributed by atoms with E-state index in [1.165, 1.54) is 0 Å². The maximum absolute atomic E-state index is 13.9. The summed E-state index contributed by atoms with van der Waals surface area (Å²) in [6, 6.07) is 16.4. The first-order valence-electron chi connectivity index (χ1n) is 10.8.